The minimum absolute atomic E-state index is 0.145. The number of fused-ring (bicyclic) bond motifs is 1. The summed E-state index contributed by atoms with van der Waals surface area (Å²) < 4.78 is 2.06. The average molecular weight is 305 g/mol. The van der Waals surface area contributed by atoms with Crippen molar-refractivity contribution in [1.29, 1.82) is 0 Å². The first-order valence-corrected chi connectivity index (χ1v) is 8.03. The van der Waals surface area contributed by atoms with Gasteiger partial charge < -0.3 is 5.32 Å². The van der Waals surface area contributed by atoms with Gasteiger partial charge in [0.1, 0.15) is 0 Å². The standard InChI is InChI=1S/C14H19N5OS/c1-9(2)19-12-7-11(4-3-10(12)8-16-19)17-13(20)18-14-15-5-6-21-14/h5-6,8-9,11H,3-4,7H2,1-2H3,(H2,15,17,18,20)/t11-/m0/s1. The molecule has 21 heavy (non-hydrogen) atoms. The van der Waals surface area contributed by atoms with Gasteiger partial charge in [-0.15, -0.1) is 11.3 Å². The van der Waals surface area contributed by atoms with Crippen LogP contribution in [0.3, 0.4) is 0 Å². The smallest absolute Gasteiger partial charge is 0.321 e. The quantitative estimate of drug-likeness (QED) is 0.915. The van der Waals surface area contributed by atoms with E-state index < -0.39 is 0 Å². The highest BCUT2D eigenvalue weighted by atomic mass is 32.1. The SMILES string of the molecule is CC(C)n1ncc2c1C[C@@H](NC(=O)Nc1nccs1)CC2. The van der Waals surface area contributed by atoms with E-state index in [0.29, 0.717) is 11.2 Å². The Hall–Kier alpha value is -1.89. The van der Waals surface area contributed by atoms with Crippen molar-refractivity contribution in [1.82, 2.24) is 20.1 Å². The molecule has 2 aromatic rings. The van der Waals surface area contributed by atoms with E-state index in [9.17, 15) is 4.79 Å². The predicted octanol–water partition coefficient (Wildman–Crippen LogP) is 2.60. The molecule has 0 radical (unpaired) electrons. The topological polar surface area (TPSA) is 71.8 Å². The van der Waals surface area contributed by atoms with E-state index in [0.717, 1.165) is 19.3 Å². The maximum absolute atomic E-state index is 12.0. The molecule has 0 aromatic carbocycles. The summed E-state index contributed by atoms with van der Waals surface area (Å²) in [7, 11) is 0. The zero-order valence-corrected chi connectivity index (χ0v) is 13.0. The van der Waals surface area contributed by atoms with Crippen LogP contribution in [0.1, 0.15) is 37.6 Å². The average Bonchev–Trinajstić information content (AvgIpc) is 3.06. The molecule has 0 aliphatic heterocycles. The van der Waals surface area contributed by atoms with Crippen LogP contribution < -0.4 is 10.6 Å². The van der Waals surface area contributed by atoms with Crippen molar-refractivity contribution in [2.24, 2.45) is 0 Å². The molecule has 0 spiro atoms. The maximum Gasteiger partial charge on any atom is 0.321 e. The third-order valence-electron chi connectivity index (χ3n) is 3.66. The van der Waals surface area contributed by atoms with E-state index >= 15 is 0 Å². The first-order chi connectivity index (χ1) is 10.1. The minimum atomic E-state index is -0.186. The van der Waals surface area contributed by atoms with Crippen LogP contribution in [0, 0.1) is 0 Å². The van der Waals surface area contributed by atoms with Gasteiger partial charge in [0.2, 0.25) is 0 Å². The van der Waals surface area contributed by atoms with Crippen molar-refractivity contribution in [3.8, 4) is 0 Å². The Balaban J connectivity index is 1.63. The summed E-state index contributed by atoms with van der Waals surface area (Å²) in [6, 6.07) is 0.303. The van der Waals surface area contributed by atoms with Gasteiger partial charge in [-0.1, -0.05) is 0 Å². The molecule has 0 saturated heterocycles. The predicted molar refractivity (Wildman–Crippen MR) is 82.7 cm³/mol. The lowest BCUT2D eigenvalue weighted by molar-refractivity contribution is 0.246. The molecule has 2 amide bonds. The van der Waals surface area contributed by atoms with Gasteiger partial charge in [0.25, 0.3) is 0 Å². The summed E-state index contributed by atoms with van der Waals surface area (Å²) in [4.78, 5) is 16.0. The van der Waals surface area contributed by atoms with Crippen LogP contribution in [0.2, 0.25) is 0 Å². The van der Waals surface area contributed by atoms with E-state index in [2.05, 4.69) is 39.2 Å². The van der Waals surface area contributed by atoms with Gasteiger partial charge in [0.15, 0.2) is 5.13 Å². The molecule has 1 aliphatic carbocycles. The summed E-state index contributed by atoms with van der Waals surface area (Å²) in [6.07, 6.45) is 6.38. The number of carbonyl (C=O) groups is 1. The number of aryl methyl sites for hydroxylation is 1. The van der Waals surface area contributed by atoms with Crippen molar-refractivity contribution >= 4 is 22.5 Å². The number of aromatic nitrogens is 3. The van der Waals surface area contributed by atoms with E-state index in [1.807, 2.05) is 11.6 Å². The molecule has 1 aliphatic rings. The summed E-state index contributed by atoms with van der Waals surface area (Å²) in [5.74, 6) is 0. The second-order valence-corrected chi connectivity index (χ2v) is 6.42. The Labute approximate surface area is 127 Å². The van der Waals surface area contributed by atoms with Gasteiger partial charge in [-0.25, -0.2) is 9.78 Å². The maximum atomic E-state index is 12.0. The molecule has 2 heterocycles. The molecule has 7 heteroatoms. The van der Waals surface area contributed by atoms with Gasteiger partial charge in [0.05, 0.1) is 6.20 Å². The molecule has 0 fully saturated rings. The fourth-order valence-electron chi connectivity index (χ4n) is 2.69. The molecule has 0 saturated carbocycles. The highest BCUT2D eigenvalue weighted by Gasteiger charge is 2.24. The second-order valence-electron chi connectivity index (χ2n) is 5.53. The lowest BCUT2D eigenvalue weighted by atomic mass is 9.93. The Morgan fingerprint density at radius 2 is 2.38 bits per heavy atom. The number of urea groups is 1. The normalized spacial score (nSPS) is 17.6. The van der Waals surface area contributed by atoms with Crippen LogP contribution in [0.4, 0.5) is 9.93 Å². The van der Waals surface area contributed by atoms with Crippen LogP contribution in [-0.2, 0) is 12.8 Å². The Morgan fingerprint density at radius 3 is 3.10 bits per heavy atom. The number of hydrogen-bond acceptors (Lipinski definition) is 4. The fraction of sp³-hybridized carbons (Fsp3) is 0.500. The Bertz CT molecular complexity index is 619. The third-order valence-corrected chi connectivity index (χ3v) is 4.35. The summed E-state index contributed by atoms with van der Waals surface area (Å²) in [6.45, 7) is 4.25. The van der Waals surface area contributed by atoms with E-state index in [-0.39, 0.29) is 12.1 Å². The number of carbonyl (C=O) groups excluding carboxylic acids is 1. The van der Waals surface area contributed by atoms with Crippen LogP contribution in [0.15, 0.2) is 17.8 Å². The third kappa shape index (κ3) is 3.07. The van der Waals surface area contributed by atoms with Crippen LogP contribution in [-0.4, -0.2) is 26.8 Å². The number of amides is 2. The molecule has 6 nitrogen and oxygen atoms in total. The summed E-state index contributed by atoms with van der Waals surface area (Å²) >= 11 is 1.41. The van der Waals surface area contributed by atoms with Gasteiger partial charge in [0, 0.05) is 35.8 Å². The first kappa shape index (κ1) is 14.1. The highest BCUT2D eigenvalue weighted by molar-refractivity contribution is 7.13. The van der Waals surface area contributed by atoms with Crippen LogP contribution in [0.5, 0.6) is 0 Å². The Morgan fingerprint density at radius 1 is 1.52 bits per heavy atom. The van der Waals surface area contributed by atoms with Gasteiger partial charge in [-0.3, -0.25) is 10.00 Å². The van der Waals surface area contributed by atoms with Crippen LogP contribution >= 0.6 is 11.3 Å². The minimum Gasteiger partial charge on any atom is -0.335 e. The molecule has 2 N–H and O–H groups in total. The largest absolute Gasteiger partial charge is 0.335 e. The number of anilines is 1. The van der Waals surface area contributed by atoms with Crippen molar-refractivity contribution < 1.29 is 4.79 Å². The van der Waals surface area contributed by atoms with E-state index in [1.165, 1.54) is 22.6 Å². The summed E-state index contributed by atoms with van der Waals surface area (Å²) in [5, 5.41) is 12.7. The highest BCUT2D eigenvalue weighted by Crippen LogP contribution is 2.23. The zero-order valence-electron chi connectivity index (χ0n) is 12.2. The monoisotopic (exact) mass is 305 g/mol. The van der Waals surface area contributed by atoms with E-state index in [4.69, 9.17) is 0 Å². The number of thiazole rings is 1. The molecule has 0 bridgehead atoms. The molecule has 3 rings (SSSR count). The van der Waals surface area contributed by atoms with Gasteiger partial charge >= 0.3 is 6.03 Å². The van der Waals surface area contributed by atoms with Crippen LogP contribution in [0.25, 0.3) is 0 Å². The van der Waals surface area contributed by atoms with Crippen molar-refractivity contribution in [2.45, 2.75) is 45.2 Å². The van der Waals surface area contributed by atoms with Gasteiger partial charge in [-0.2, -0.15) is 5.10 Å². The number of rotatable bonds is 3. The summed E-state index contributed by atoms with van der Waals surface area (Å²) in [5.41, 5.74) is 2.55. The molecule has 0 unspecified atom stereocenters. The molecule has 2 aromatic heterocycles. The molecule has 1 atom stereocenters. The lowest BCUT2D eigenvalue weighted by Gasteiger charge is -2.25. The Kier molecular flexibility index (Phi) is 3.92. The zero-order chi connectivity index (χ0) is 14.8. The first-order valence-electron chi connectivity index (χ1n) is 7.15. The van der Waals surface area contributed by atoms with Gasteiger partial charge in [-0.05, 0) is 32.3 Å². The van der Waals surface area contributed by atoms with Crippen molar-refractivity contribution in [3.63, 3.8) is 0 Å². The molecule has 112 valence electrons. The fourth-order valence-corrected chi connectivity index (χ4v) is 3.22. The lowest BCUT2D eigenvalue weighted by Crippen LogP contribution is -2.41. The van der Waals surface area contributed by atoms with Crippen molar-refractivity contribution in [3.05, 3.63) is 29.0 Å². The number of nitrogens with zero attached hydrogens (tertiary/aromatic N) is 3. The second kappa shape index (κ2) is 5.85. The van der Waals surface area contributed by atoms with Crippen molar-refractivity contribution in [2.75, 3.05) is 5.32 Å². The molecular weight excluding hydrogens is 286 g/mol. The number of hydrogen-bond donors (Lipinski definition) is 2. The van der Waals surface area contributed by atoms with E-state index in [1.54, 1.807) is 6.20 Å². The molecular formula is C14H19N5OS. The number of nitrogens with one attached hydrogen (secondary N) is 2.